The van der Waals surface area contributed by atoms with Crippen LogP contribution in [0.15, 0.2) is 24.7 Å². The predicted molar refractivity (Wildman–Crippen MR) is 60.4 cm³/mol. The maximum Gasteiger partial charge on any atom is 0.172 e. The zero-order valence-corrected chi connectivity index (χ0v) is 9.74. The molecule has 3 nitrogen and oxygen atoms in total. The Morgan fingerprint density at radius 2 is 2.19 bits per heavy atom. The summed E-state index contributed by atoms with van der Waals surface area (Å²) in [5.41, 5.74) is 0.975. The van der Waals surface area contributed by atoms with Gasteiger partial charge in [0.05, 0.1) is 17.4 Å². The van der Waals surface area contributed by atoms with Gasteiger partial charge in [0, 0.05) is 6.20 Å². The van der Waals surface area contributed by atoms with E-state index in [1.54, 1.807) is 6.20 Å². The first-order chi connectivity index (χ1) is 7.59. The van der Waals surface area contributed by atoms with E-state index in [1.165, 1.54) is 10.9 Å². The largest absolute Gasteiger partial charge is 0.236 e. The molecular formula is C11H11ClFN3. The second-order valence-corrected chi connectivity index (χ2v) is 4.17. The monoisotopic (exact) mass is 239 g/mol. The summed E-state index contributed by atoms with van der Waals surface area (Å²) in [7, 11) is 0. The van der Waals surface area contributed by atoms with E-state index >= 15 is 0 Å². The van der Waals surface area contributed by atoms with Crippen molar-refractivity contribution >= 4 is 11.6 Å². The number of hydrogen-bond donors (Lipinski definition) is 0. The Hall–Kier alpha value is -1.42. The average molecular weight is 240 g/mol. The zero-order chi connectivity index (χ0) is 11.7. The predicted octanol–water partition coefficient (Wildman–Crippen LogP) is 3.18. The minimum absolute atomic E-state index is 0.287. The van der Waals surface area contributed by atoms with E-state index in [2.05, 4.69) is 10.1 Å². The van der Waals surface area contributed by atoms with Crippen LogP contribution in [0.5, 0.6) is 0 Å². The molecule has 0 radical (unpaired) electrons. The van der Waals surface area contributed by atoms with Crippen LogP contribution in [-0.4, -0.2) is 14.8 Å². The summed E-state index contributed by atoms with van der Waals surface area (Å²) in [5.74, 6) is 0.333. The molecule has 0 aromatic carbocycles. The molecule has 0 unspecified atom stereocenters. The van der Waals surface area contributed by atoms with Gasteiger partial charge in [0.1, 0.15) is 0 Å². The quantitative estimate of drug-likeness (QED) is 0.806. The highest BCUT2D eigenvalue weighted by Crippen LogP contribution is 2.27. The summed E-state index contributed by atoms with van der Waals surface area (Å²) in [6.07, 6.45) is 4.02. The number of rotatable bonds is 2. The van der Waals surface area contributed by atoms with Gasteiger partial charge in [-0.1, -0.05) is 25.4 Å². The maximum absolute atomic E-state index is 12.8. The first kappa shape index (κ1) is 11.1. The molecule has 2 aromatic rings. The summed E-state index contributed by atoms with van der Waals surface area (Å²) in [6.45, 7) is 4.07. The Bertz CT molecular complexity index is 508. The van der Waals surface area contributed by atoms with Gasteiger partial charge in [0.15, 0.2) is 11.6 Å². The van der Waals surface area contributed by atoms with Crippen LogP contribution in [0.2, 0.25) is 5.02 Å². The highest BCUT2D eigenvalue weighted by Gasteiger charge is 2.12. The highest BCUT2D eigenvalue weighted by molar-refractivity contribution is 6.33. The molecule has 0 saturated carbocycles. The summed E-state index contributed by atoms with van der Waals surface area (Å²) < 4.78 is 14.2. The van der Waals surface area contributed by atoms with Gasteiger partial charge in [0.2, 0.25) is 0 Å². The van der Waals surface area contributed by atoms with Crippen LogP contribution in [-0.2, 0) is 0 Å². The van der Waals surface area contributed by atoms with Crippen molar-refractivity contribution < 1.29 is 4.39 Å². The molecule has 0 N–H and O–H groups in total. The van der Waals surface area contributed by atoms with Crippen molar-refractivity contribution in [2.24, 2.45) is 0 Å². The molecule has 0 bridgehead atoms. The molecule has 0 saturated heterocycles. The van der Waals surface area contributed by atoms with Crippen molar-refractivity contribution in [2.75, 3.05) is 0 Å². The molecule has 0 aliphatic heterocycles. The molecule has 0 fully saturated rings. The summed E-state index contributed by atoms with van der Waals surface area (Å²) in [4.78, 5) is 4.11. The minimum Gasteiger partial charge on any atom is -0.236 e. The molecular weight excluding hydrogens is 229 g/mol. The number of pyridine rings is 1. The topological polar surface area (TPSA) is 30.7 Å². The normalized spacial score (nSPS) is 11.1. The Kier molecular flexibility index (Phi) is 2.92. The Labute approximate surface area is 97.9 Å². The molecule has 0 spiro atoms. The van der Waals surface area contributed by atoms with Crippen molar-refractivity contribution in [3.8, 4) is 5.82 Å². The van der Waals surface area contributed by atoms with Gasteiger partial charge in [0.25, 0.3) is 0 Å². The van der Waals surface area contributed by atoms with Crippen molar-refractivity contribution in [3.05, 3.63) is 41.1 Å². The molecule has 0 atom stereocenters. The van der Waals surface area contributed by atoms with Crippen LogP contribution < -0.4 is 0 Å². The third-order valence-electron chi connectivity index (χ3n) is 2.29. The van der Waals surface area contributed by atoms with E-state index in [0.717, 1.165) is 11.8 Å². The molecule has 2 aromatic heterocycles. The fourth-order valence-corrected chi connectivity index (χ4v) is 1.89. The van der Waals surface area contributed by atoms with Crippen molar-refractivity contribution in [2.45, 2.75) is 19.8 Å². The van der Waals surface area contributed by atoms with E-state index in [9.17, 15) is 4.39 Å². The number of hydrogen-bond acceptors (Lipinski definition) is 2. The SMILES string of the molecule is CC(C)c1ccnc(-n2cc(F)cn2)c1Cl. The Morgan fingerprint density at radius 3 is 2.75 bits per heavy atom. The molecule has 0 amide bonds. The second kappa shape index (κ2) is 4.22. The minimum atomic E-state index is -0.409. The molecule has 16 heavy (non-hydrogen) atoms. The highest BCUT2D eigenvalue weighted by atomic mass is 35.5. The van der Waals surface area contributed by atoms with Gasteiger partial charge < -0.3 is 0 Å². The molecule has 84 valence electrons. The van der Waals surface area contributed by atoms with E-state index < -0.39 is 5.82 Å². The Balaban J connectivity index is 2.54. The van der Waals surface area contributed by atoms with Crippen molar-refractivity contribution in [1.29, 1.82) is 0 Å². The van der Waals surface area contributed by atoms with Crippen molar-refractivity contribution in [1.82, 2.24) is 14.8 Å². The lowest BCUT2D eigenvalue weighted by Gasteiger charge is -2.10. The first-order valence-electron chi connectivity index (χ1n) is 4.94. The van der Waals surface area contributed by atoms with E-state index in [-0.39, 0.29) is 5.92 Å². The van der Waals surface area contributed by atoms with E-state index in [4.69, 9.17) is 11.6 Å². The van der Waals surface area contributed by atoms with Crippen LogP contribution in [0, 0.1) is 5.82 Å². The molecule has 5 heteroatoms. The van der Waals surface area contributed by atoms with Gasteiger partial charge in [-0.25, -0.2) is 14.1 Å². The fraction of sp³-hybridized carbons (Fsp3) is 0.273. The van der Waals surface area contributed by atoms with Gasteiger partial charge in [-0.05, 0) is 17.5 Å². The van der Waals surface area contributed by atoms with Gasteiger partial charge in [-0.15, -0.1) is 0 Å². The van der Waals surface area contributed by atoms with Crippen LogP contribution in [0.4, 0.5) is 4.39 Å². The van der Waals surface area contributed by atoms with Crippen LogP contribution in [0.25, 0.3) is 5.82 Å². The maximum atomic E-state index is 12.8. The first-order valence-corrected chi connectivity index (χ1v) is 5.32. The number of nitrogens with zero attached hydrogens (tertiary/aromatic N) is 3. The molecule has 2 rings (SSSR count). The van der Waals surface area contributed by atoms with Gasteiger partial charge >= 0.3 is 0 Å². The van der Waals surface area contributed by atoms with Crippen LogP contribution in [0.3, 0.4) is 0 Å². The third kappa shape index (κ3) is 1.93. The lowest BCUT2D eigenvalue weighted by molar-refractivity contribution is 0.627. The van der Waals surface area contributed by atoms with Crippen LogP contribution >= 0.6 is 11.6 Å². The van der Waals surface area contributed by atoms with E-state index in [1.807, 2.05) is 19.9 Å². The fourth-order valence-electron chi connectivity index (χ4n) is 1.47. The van der Waals surface area contributed by atoms with Crippen molar-refractivity contribution in [3.63, 3.8) is 0 Å². The number of halogens is 2. The lowest BCUT2D eigenvalue weighted by atomic mass is 10.1. The number of aromatic nitrogens is 3. The smallest absolute Gasteiger partial charge is 0.172 e. The van der Waals surface area contributed by atoms with Crippen LogP contribution in [0.1, 0.15) is 25.3 Å². The van der Waals surface area contributed by atoms with E-state index in [0.29, 0.717) is 10.8 Å². The van der Waals surface area contributed by atoms with Gasteiger partial charge in [-0.3, -0.25) is 0 Å². The summed E-state index contributed by atoms with van der Waals surface area (Å²) in [5, 5.41) is 4.36. The molecule has 0 aliphatic rings. The third-order valence-corrected chi connectivity index (χ3v) is 2.68. The summed E-state index contributed by atoms with van der Waals surface area (Å²) >= 11 is 6.20. The molecule has 0 aliphatic carbocycles. The van der Waals surface area contributed by atoms with Gasteiger partial charge in [-0.2, -0.15) is 5.10 Å². The Morgan fingerprint density at radius 1 is 1.44 bits per heavy atom. The molecule has 2 heterocycles. The lowest BCUT2D eigenvalue weighted by Crippen LogP contribution is -2.02. The standard InChI is InChI=1S/C11H11ClFN3/c1-7(2)9-3-4-14-11(10(9)12)16-6-8(13)5-15-16/h3-7H,1-2H3. The second-order valence-electron chi connectivity index (χ2n) is 3.80. The summed E-state index contributed by atoms with van der Waals surface area (Å²) in [6, 6.07) is 1.86. The average Bonchev–Trinajstić information content (AvgIpc) is 2.64. The zero-order valence-electron chi connectivity index (χ0n) is 8.98.